The van der Waals surface area contributed by atoms with Crippen molar-refractivity contribution in [1.29, 1.82) is 0 Å². The Bertz CT molecular complexity index is 591. The zero-order chi connectivity index (χ0) is 11.8. The Morgan fingerprint density at radius 2 is 2.06 bits per heavy atom. The van der Waals surface area contributed by atoms with E-state index in [1.54, 1.807) is 4.57 Å². The lowest BCUT2D eigenvalue weighted by atomic mass is 10.2. The fraction of sp³-hybridized carbons (Fsp3) is 0.462. The van der Waals surface area contributed by atoms with Crippen molar-refractivity contribution in [3.8, 4) is 0 Å². The van der Waals surface area contributed by atoms with E-state index in [9.17, 15) is 4.79 Å². The molecule has 0 amide bonds. The lowest BCUT2D eigenvalue weighted by molar-refractivity contribution is 0.513. The molecule has 4 heteroatoms. The highest BCUT2D eigenvalue weighted by Gasteiger charge is 2.14. The molecule has 1 fully saturated rings. The number of aryl methyl sites for hydroxylation is 1. The maximum atomic E-state index is 11.6. The minimum atomic E-state index is -0.263. The first-order chi connectivity index (χ1) is 8.29. The number of fused-ring (bicyclic) bond motifs is 1. The molecule has 2 aromatic rings. The van der Waals surface area contributed by atoms with E-state index in [1.165, 1.54) is 12.8 Å². The molecule has 0 radical (unpaired) electrons. The molecule has 4 nitrogen and oxygen atoms in total. The highest BCUT2D eigenvalue weighted by atomic mass is 16.4. The van der Waals surface area contributed by atoms with Gasteiger partial charge in [0.1, 0.15) is 0 Å². The van der Waals surface area contributed by atoms with Gasteiger partial charge in [-0.1, -0.05) is 0 Å². The third kappa shape index (κ3) is 1.64. The van der Waals surface area contributed by atoms with Crippen LogP contribution in [0.1, 0.15) is 19.8 Å². The van der Waals surface area contributed by atoms with Gasteiger partial charge in [-0.3, -0.25) is 4.57 Å². The molecule has 0 bridgehead atoms. The second-order valence-electron chi connectivity index (χ2n) is 4.46. The minimum Gasteiger partial charge on any atom is -0.408 e. The van der Waals surface area contributed by atoms with E-state index >= 15 is 0 Å². The molecule has 0 N–H and O–H groups in total. The van der Waals surface area contributed by atoms with Gasteiger partial charge >= 0.3 is 5.76 Å². The summed E-state index contributed by atoms with van der Waals surface area (Å²) in [6.45, 7) is 4.80. The minimum absolute atomic E-state index is 0.263. The first-order valence-corrected chi connectivity index (χ1v) is 6.18. The summed E-state index contributed by atoms with van der Waals surface area (Å²) in [6.07, 6.45) is 2.50. The smallest absolute Gasteiger partial charge is 0.408 e. The Balaban J connectivity index is 2.10. The molecule has 0 atom stereocenters. The monoisotopic (exact) mass is 232 g/mol. The van der Waals surface area contributed by atoms with E-state index in [0.717, 1.165) is 24.3 Å². The zero-order valence-corrected chi connectivity index (χ0v) is 9.98. The predicted molar refractivity (Wildman–Crippen MR) is 67.6 cm³/mol. The van der Waals surface area contributed by atoms with Gasteiger partial charge in [0.2, 0.25) is 0 Å². The molecule has 1 saturated heterocycles. The lowest BCUT2D eigenvalue weighted by Gasteiger charge is -2.16. The third-order valence-electron chi connectivity index (χ3n) is 3.44. The normalized spacial score (nSPS) is 15.9. The zero-order valence-electron chi connectivity index (χ0n) is 9.98. The number of aromatic nitrogens is 1. The van der Waals surface area contributed by atoms with Crippen LogP contribution in [0.2, 0.25) is 0 Å². The molecule has 1 aliphatic rings. The number of hydrogen-bond donors (Lipinski definition) is 0. The highest BCUT2D eigenvalue weighted by Crippen LogP contribution is 2.24. The second kappa shape index (κ2) is 3.95. The average Bonchev–Trinajstić information content (AvgIpc) is 2.93. The van der Waals surface area contributed by atoms with Gasteiger partial charge < -0.3 is 9.32 Å². The molecule has 17 heavy (non-hydrogen) atoms. The van der Waals surface area contributed by atoms with E-state index in [-0.39, 0.29) is 5.76 Å². The second-order valence-corrected chi connectivity index (χ2v) is 4.46. The molecule has 3 rings (SSSR count). The summed E-state index contributed by atoms with van der Waals surface area (Å²) in [5.41, 5.74) is 2.74. The molecular formula is C13H16N2O2. The quantitative estimate of drug-likeness (QED) is 0.796. The summed E-state index contributed by atoms with van der Waals surface area (Å²) in [4.78, 5) is 13.9. The number of anilines is 1. The molecule has 1 aliphatic heterocycles. The molecule has 2 heterocycles. The molecule has 0 spiro atoms. The van der Waals surface area contributed by atoms with E-state index < -0.39 is 0 Å². The molecule has 1 aromatic heterocycles. The molecule has 0 aliphatic carbocycles. The van der Waals surface area contributed by atoms with Gasteiger partial charge in [-0.2, -0.15) is 0 Å². The number of benzene rings is 1. The number of rotatable bonds is 2. The van der Waals surface area contributed by atoms with Crippen molar-refractivity contribution in [3.63, 3.8) is 0 Å². The number of oxazole rings is 1. The van der Waals surface area contributed by atoms with Crippen molar-refractivity contribution in [3.05, 3.63) is 28.7 Å². The van der Waals surface area contributed by atoms with Crippen molar-refractivity contribution in [2.24, 2.45) is 0 Å². The van der Waals surface area contributed by atoms with Crippen molar-refractivity contribution in [2.75, 3.05) is 18.0 Å². The highest BCUT2D eigenvalue weighted by molar-refractivity contribution is 5.78. The van der Waals surface area contributed by atoms with Gasteiger partial charge in [0.05, 0.1) is 5.52 Å². The van der Waals surface area contributed by atoms with Gasteiger partial charge in [-0.25, -0.2) is 4.79 Å². The molecule has 0 unspecified atom stereocenters. The summed E-state index contributed by atoms with van der Waals surface area (Å²) in [5.74, 6) is -0.263. The molecule has 0 saturated carbocycles. The fourth-order valence-electron chi connectivity index (χ4n) is 2.53. The number of nitrogens with zero attached hydrogens (tertiary/aromatic N) is 2. The van der Waals surface area contributed by atoms with Gasteiger partial charge in [0, 0.05) is 31.4 Å². The predicted octanol–water partition coefficient (Wildman–Crippen LogP) is 2.21. The van der Waals surface area contributed by atoms with Gasteiger partial charge in [-0.15, -0.1) is 0 Å². The van der Waals surface area contributed by atoms with Crippen molar-refractivity contribution < 1.29 is 4.42 Å². The van der Waals surface area contributed by atoms with Crippen LogP contribution in [-0.2, 0) is 6.54 Å². The molecule has 1 aromatic carbocycles. The van der Waals surface area contributed by atoms with Crippen LogP contribution in [0.15, 0.2) is 27.4 Å². The van der Waals surface area contributed by atoms with Crippen LogP contribution in [0.3, 0.4) is 0 Å². The van der Waals surface area contributed by atoms with Crippen molar-refractivity contribution in [1.82, 2.24) is 4.57 Å². The van der Waals surface area contributed by atoms with Crippen LogP contribution in [-0.4, -0.2) is 17.7 Å². The van der Waals surface area contributed by atoms with Crippen LogP contribution in [0.5, 0.6) is 0 Å². The standard InChI is InChI=1S/C13H16N2O2/c1-2-15-11-6-5-10(14-7-3-4-8-14)9-12(11)17-13(15)16/h5-6,9H,2-4,7-8H2,1H3. The van der Waals surface area contributed by atoms with Crippen LogP contribution >= 0.6 is 0 Å². The summed E-state index contributed by atoms with van der Waals surface area (Å²) < 4.78 is 6.93. The van der Waals surface area contributed by atoms with Crippen LogP contribution in [0.25, 0.3) is 11.1 Å². The van der Waals surface area contributed by atoms with Crippen LogP contribution in [0, 0.1) is 0 Å². The van der Waals surface area contributed by atoms with Crippen molar-refractivity contribution >= 4 is 16.8 Å². The van der Waals surface area contributed by atoms with Gasteiger partial charge in [-0.05, 0) is 31.9 Å². The Kier molecular flexibility index (Phi) is 2.42. The maximum absolute atomic E-state index is 11.6. The Labute approximate surface area is 99.4 Å². The Morgan fingerprint density at radius 3 is 2.76 bits per heavy atom. The van der Waals surface area contributed by atoms with Gasteiger partial charge in [0.25, 0.3) is 0 Å². The van der Waals surface area contributed by atoms with Crippen LogP contribution < -0.4 is 10.7 Å². The van der Waals surface area contributed by atoms with E-state index in [2.05, 4.69) is 11.0 Å². The van der Waals surface area contributed by atoms with E-state index in [1.807, 2.05) is 19.1 Å². The summed E-state index contributed by atoms with van der Waals surface area (Å²) >= 11 is 0. The third-order valence-corrected chi connectivity index (χ3v) is 3.44. The topological polar surface area (TPSA) is 38.4 Å². The van der Waals surface area contributed by atoms with Crippen molar-refractivity contribution in [2.45, 2.75) is 26.3 Å². The first-order valence-electron chi connectivity index (χ1n) is 6.18. The Morgan fingerprint density at radius 1 is 1.29 bits per heavy atom. The molecular weight excluding hydrogens is 216 g/mol. The Hall–Kier alpha value is -1.71. The van der Waals surface area contributed by atoms with Crippen LogP contribution in [0.4, 0.5) is 5.69 Å². The van der Waals surface area contributed by atoms with E-state index in [0.29, 0.717) is 12.1 Å². The summed E-state index contributed by atoms with van der Waals surface area (Å²) in [7, 11) is 0. The summed E-state index contributed by atoms with van der Waals surface area (Å²) in [5, 5.41) is 0. The maximum Gasteiger partial charge on any atom is 0.419 e. The van der Waals surface area contributed by atoms with E-state index in [4.69, 9.17) is 4.42 Å². The molecule has 90 valence electrons. The first kappa shape index (κ1) is 10.4. The fourth-order valence-corrected chi connectivity index (χ4v) is 2.53. The summed E-state index contributed by atoms with van der Waals surface area (Å²) in [6, 6.07) is 6.04. The average molecular weight is 232 g/mol. The SMILES string of the molecule is CCn1c(=O)oc2cc(N3CCCC3)ccc21. The van der Waals surface area contributed by atoms with Gasteiger partial charge in [0.15, 0.2) is 5.58 Å². The number of hydrogen-bond acceptors (Lipinski definition) is 3. The largest absolute Gasteiger partial charge is 0.419 e. The lowest BCUT2D eigenvalue weighted by Crippen LogP contribution is -2.17.